The minimum Gasteiger partial charge on any atom is -0.395 e. The van der Waals surface area contributed by atoms with Crippen LogP contribution in [0.3, 0.4) is 0 Å². The number of nitrogens with zero attached hydrogens (tertiary/aromatic N) is 2. The quantitative estimate of drug-likeness (QED) is 0.820. The van der Waals surface area contributed by atoms with E-state index >= 15 is 0 Å². The fraction of sp³-hybridized carbons (Fsp3) is 0.417. The van der Waals surface area contributed by atoms with E-state index in [2.05, 4.69) is 0 Å². The number of β-amino-alcohol motifs (C(OH)–C–C–N with tert-alkyl or cyclic N) is 1. The summed E-state index contributed by atoms with van der Waals surface area (Å²) >= 11 is 0. The molecule has 1 aliphatic heterocycles. The minimum absolute atomic E-state index is 0.0258. The zero-order valence-electron chi connectivity index (χ0n) is 9.17. The van der Waals surface area contributed by atoms with Crippen molar-refractivity contribution in [1.29, 1.82) is 0 Å². The molecule has 0 radical (unpaired) electrons. The van der Waals surface area contributed by atoms with Crippen LogP contribution >= 0.6 is 0 Å². The van der Waals surface area contributed by atoms with Crippen molar-refractivity contribution >= 4 is 6.03 Å². The van der Waals surface area contributed by atoms with Crippen molar-refractivity contribution in [2.75, 3.05) is 26.2 Å². The van der Waals surface area contributed by atoms with Crippen molar-refractivity contribution in [2.45, 2.75) is 6.54 Å². The fourth-order valence-corrected chi connectivity index (χ4v) is 1.91. The van der Waals surface area contributed by atoms with Crippen molar-refractivity contribution in [3.63, 3.8) is 0 Å². The summed E-state index contributed by atoms with van der Waals surface area (Å²) in [5.41, 5.74) is 1.14. The molecule has 4 nitrogen and oxygen atoms in total. The molecule has 86 valence electrons. The number of carbonyl (C=O) groups is 1. The number of hydrogen-bond donors (Lipinski definition) is 1. The Morgan fingerprint density at radius 2 is 1.81 bits per heavy atom. The van der Waals surface area contributed by atoms with Crippen LogP contribution in [-0.4, -0.2) is 47.2 Å². The normalized spacial score (nSPS) is 15.9. The van der Waals surface area contributed by atoms with E-state index < -0.39 is 0 Å². The molecule has 2 amide bonds. The predicted octanol–water partition coefficient (Wildman–Crippen LogP) is 0.917. The maximum atomic E-state index is 11.8. The fourth-order valence-electron chi connectivity index (χ4n) is 1.91. The van der Waals surface area contributed by atoms with Crippen LogP contribution in [-0.2, 0) is 6.54 Å². The first-order valence-electron chi connectivity index (χ1n) is 5.50. The summed E-state index contributed by atoms with van der Waals surface area (Å²) < 4.78 is 0. The first kappa shape index (κ1) is 11.0. The van der Waals surface area contributed by atoms with Gasteiger partial charge in [-0.15, -0.1) is 0 Å². The van der Waals surface area contributed by atoms with Crippen molar-refractivity contribution in [1.82, 2.24) is 9.80 Å². The number of hydrogen-bond acceptors (Lipinski definition) is 2. The Morgan fingerprint density at radius 1 is 1.12 bits per heavy atom. The number of benzene rings is 1. The van der Waals surface area contributed by atoms with Gasteiger partial charge < -0.3 is 14.9 Å². The molecule has 1 fully saturated rings. The van der Waals surface area contributed by atoms with Crippen LogP contribution in [0.25, 0.3) is 0 Å². The average molecular weight is 220 g/mol. The van der Waals surface area contributed by atoms with Gasteiger partial charge in [0.25, 0.3) is 0 Å². The van der Waals surface area contributed by atoms with Crippen molar-refractivity contribution in [2.24, 2.45) is 0 Å². The number of aliphatic hydroxyl groups is 1. The first-order valence-corrected chi connectivity index (χ1v) is 5.50. The molecule has 1 saturated heterocycles. The average Bonchev–Trinajstić information content (AvgIpc) is 2.64. The van der Waals surface area contributed by atoms with E-state index in [0.717, 1.165) is 12.1 Å². The van der Waals surface area contributed by atoms with E-state index in [-0.39, 0.29) is 12.6 Å². The van der Waals surface area contributed by atoms with E-state index in [1.807, 2.05) is 35.2 Å². The number of aliphatic hydroxyl groups excluding tert-OH is 1. The van der Waals surface area contributed by atoms with E-state index in [9.17, 15) is 4.79 Å². The lowest BCUT2D eigenvalue weighted by Crippen LogP contribution is -2.33. The Kier molecular flexibility index (Phi) is 3.41. The Labute approximate surface area is 95.1 Å². The third kappa shape index (κ3) is 2.33. The first-order chi connectivity index (χ1) is 7.81. The summed E-state index contributed by atoms with van der Waals surface area (Å²) in [7, 11) is 0. The largest absolute Gasteiger partial charge is 0.395 e. The Balaban J connectivity index is 1.95. The maximum absolute atomic E-state index is 11.8. The van der Waals surface area contributed by atoms with E-state index in [0.29, 0.717) is 19.6 Å². The lowest BCUT2D eigenvalue weighted by atomic mass is 10.2. The molecule has 0 aromatic heterocycles. The molecule has 1 aromatic carbocycles. The van der Waals surface area contributed by atoms with E-state index in [1.165, 1.54) is 0 Å². The van der Waals surface area contributed by atoms with Gasteiger partial charge in [0.15, 0.2) is 0 Å². The van der Waals surface area contributed by atoms with E-state index in [1.54, 1.807) is 4.90 Å². The van der Waals surface area contributed by atoms with Crippen LogP contribution in [0.5, 0.6) is 0 Å². The standard InChI is InChI=1S/C12H16N2O2/c15-9-8-13-6-7-14(12(13)16)10-11-4-2-1-3-5-11/h1-5,15H,6-10H2. The van der Waals surface area contributed by atoms with Gasteiger partial charge in [0.2, 0.25) is 0 Å². The lowest BCUT2D eigenvalue weighted by molar-refractivity contribution is 0.177. The van der Waals surface area contributed by atoms with E-state index in [4.69, 9.17) is 5.11 Å². The SMILES string of the molecule is O=C1N(CCO)CCN1Cc1ccccc1. The molecule has 0 saturated carbocycles. The van der Waals surface area contributed by atoms with Gasteiger partial charge in [-0.1, -0.05) is 30.3 Å². The summed E-state index contributed by atoms with van der Waals surface area (Å²) in [6.07, 6.45) is 0. The Morgan fingerprint density at radius 3 is 2.50 bits per heavy atom. The highest BCUT2D eigenvalue weighted by Gasteiger charge is 2.27. The van der Waals surface area contributed by atoms with Gasteiger partial charge in [-0.3, -0.25) is 0 Å². The molecule has 1 heterocycles. The number of amides is 2. The van der Waals surface area contributed by atoms with Crippen LogP contribution in [0.2, 0.25) is 0 Å². The Hall–Kier alpha value is -1.55. The molecular weight excluding hydrogens is 204 g/mol. The lowest BCUT2D eigenvalue weighted by Gasteiger charge is -2.17. The molecule has 0 aliphatic carbocycles. The second-order valence-corrected chi connectivity index (χ2v) is 3.90. The summed E-state index contributed by atoms with van der Waals surface area (Å²) in [6.45, 7) is 2.58. The molecule has 4 heteroatoms. The van der Waals surface area contributed by atoms with Gasteiger partial charge in [0.1, 0.15) is 0 Å². The van der Waals surface area contributed by atoms with Crippen LogP contribution in [0.1, 0.15) is 5.56 Å². The molecule has 0 unspecified atom stereocenters. The highest BCUT2D eigenvalue weighted by molar-refractivity contribution is 5.76. The van der Waals surface area contributed by atoms with Gasteiger partial charge in [-0.2, -0.15) is 0 Å². The molecule has 1 N–H and O–H groups in total. The van der Waals surface area contributed by atoms with Crippen molar-refractivity contribution in [3.8, 4) is 0 Å². The van der Waals surface area contributed by atoms with Gasteiger partial charge in [0.05, 0.1) is 6.61 Å². The van der Waals surface area contributed by atoms with Gasteiger partial charge in [-0.05, 0) is 5.56 Å². The zero-order chi connectivity index (χ0) is 11.4. The smallest absolute Gasteiger partial charge is 0.320 e. The topological polar surface area (TPSA) is 43.8 Å². The molecule has 16 heavy (non-hydrogen) atoms. The Bertz CT molecular complexity index is 353. The molecule has 2 rings (SSSR count). The monoisotopic (exact) mass is 220 g/mol. The predicted molar refractivity (Wildman–Crippen MR) is 60.9 cm³/mol. The van der Waals surface area contributed by atoms with Crippen LogP contribution < -0.4 is 0 Å². The number of carbonyl (C=O) groups excluding carboxylic acids is 1. The molecule has 1 aliphatic rings. The second kappa shape index (κ2) is 4.99. The third-order valence-electron chi connectivity index (χ3n) is 2.77. The molecular formula is C12H16N2O2. The highest BCUT2D eigenvalue weighted by Crippen LogP contribution is 2.12. The number of urea groups is 1. The number of rotatable bonds is 4. The second-order valence-electron chi connectivity index (χ2n) is 3.90. The van der Waals surface area contributed by atoms with Crippen molar-refractivity contribution < 1.29 is 9.90 Å². The summed E-state index contributed by atoms with van der Waals surface area (Å²) in [4.78, 5) is 15.3. The zero-order valence-corrected chi connectivity index (χ0v) is 9.17. The maximum Gasteiger partial charge on any atom is 0.320 e. The molecule has 0 bridgehead atoms. The summed E-state index contributed by atoms with van der Waals surface area (Å²) in [5.74, 6) is 0. The molecule has 0 spiro atoms. The minimum atomic E-state index is 0.0258. The summed E-state index contributed by atoms with van der Waals surface area (Å²) in [5, 5.41) is 8.81. The third-order valence-corrected chi connectivity index (χ3v) is 2.77. The van der Waals surface area contributed by atoms with Crippen molar-refractivity contribution in [3.05, 3.63) is 35.9 Å². The van der Waals surface area contributed by atoms with Crippen LogP contribution in [0, 0.1) is 0 Å². The molecule has 1 aromatic rings. The van der Waals surface area contributed by atoms with Crippen LogP contribution in [0.15, 0.2) is 30.3 Å². The highest BCUT2D eigenvalue weighted by atomic mass is 16.3. The molecule has 0 atom stereocenters. The van der Waals surface area contributed by atoms with Crippen LogP contribution in [0.4, 0.5) is 4.79 Å². The van der Waals surface area contributed by atoms with Gasteiger partial charge in [-0.25, -0.2) is 4.79 Å². The summed E-state index contributed by atoms with van der Waals surface area (Å²) in [6, 6.07) is 9.97. The van der Waals surface area contributed by atoms with Gasteiger partial charge in [0, 0.05) is 26.2 Å². The van der Waals surface area contributed by atoms with Gasteiger partial charge >= 0.3 is 6.03 Å².